The summed E-state index contributed by atoms with van der Waals surface area (Å²) in [4.78, 5) is 4.61. The predicted molar refractivity (Wildman–Crippen MR) is 86.0 cm³/mol. The Hall–Kier alpha value is -0.990. The molecular weight excluding hydrogens is 246 g/mol. The van der Waals surface area contributed by atoms with Gasteiger partial charge in [-0.15, -0.1) is 0 Å². The second-order valence-electron chi connectivity index (χ2n) is 7.11. The molecule has 20 heavy (non-hydrogen) atoms. The molecule has 2 atom stereocenters. The Kier molecular flexibility index (Phi) is 5.50. The molecule has 1 aliphatic rings. The van der Waals surface area contributed by atoms with Gasteiger partial charge in [0, 0.05) is 19.3 Å². The van der Waals surface area contributed by atoms with E-state index in [-0.39, 0.29) is 0 Å². The summed E-state index contributed by atoms with van der Waals surface area (Å²) in [5, 5.41) is 3.55. The zero-order valence-corrected chi connectivity index (χ0v) is 13.7. The maximum absolute atomic E-state index is 4.61. The number of aromatic nitrogens is 2. The van der Waals surface area contributed by atoms with Crippen LogP contribution in [0.4, 0.5) is 5.95 Å². The maximum Gasteiger partial charge on any atom is 0.203 e. The van der Waals surface area contributed by atoms with E-state index < -0.39 is 0 Å². The lowest BCUT2D eigenvalue weighted by molar-refractivity contribution is 0.274. The molecule has 1 aliphatic carbocycles. The predicted octanol–water partition coefficient (Wildman–Crippen LogP) is 4.48. The van der Waals surface area contributed by atoms with Crippen molar-refractivity contribution in [3.63, 3.8) is 0 Å². The molecule has 0 radical (unpaired) electrons. The van der Waals surface area contributed by atoms with Gasteiger partial charge in [0.15, 0.2) is 0 Å². The standard InChI is InChI=1S/C17H31N3/c1-13(2)11-20-12-15(4)19-17(20)18-9-8-16-7-5-6-14(3)10-16/h12-14,16H,5-11H2,1-4H3,(H,18,19). The monoisotopic (exact) mass is 277 g/mol. The van der Waals surface area contributed by atoms with Crippen molar-refractivity contribution in [3.8, 4) is 0 Å². The molecule has 114 valence electrons. The van der Waals surface area contributed by atoms with Gasteiger partial charge in [0.1, 0.15) is 0 Å². The molecule has 0 amide bonds. The summed E-state index contributed by atoms with van der Waals surface area (Å²) >= 11 is 0. The Balaban J connectivity index is 1.81. The van der Waals surface area contributed by atoms with Crippen LogP contribution in [0, 0.1) is 24.7 Å². The van der Waals surface area contributed by atoms with Crippen LogP contribution < -0.4 is 5.32 Å². The number of aryl methyl sites for hydroxylation is 1. The third-order valence-corrected chi connectivity index (χ3v) is 4.34. The molecule has 2 unspecified atom stereocenters. The third-order valence-electron chi connectivity index (χ3n) is 4.34. The highest BCUT2D eigenvalue weighted by Gasteiger charge is 2.18. The van der Waals surface area contributed by atoms with Crippen LogP contribution in [0.25, 0.3) is 0 Å². The SMILES string of the molecule is Cc1cn(CC(C)C)c(NCCC2CCCC(C)C2)n1. The van der Waals surface area contributed by atoms with Gasteiger partial charge in [0.2, 0.25) is 5.95 Å². The lowest BCUT2D eigenvalue weighted by Crippen LogP contribution is -2.18. The summed E-state index contributed by atoms with van der Waals surface area (Å²) < 4.78 is 2.27. The van der Waals surface area contributed by atoms with Gasteiger partial charge in [-0.25, -0.2) is 4.98 Å². The number of hydrogen-bond donors (Lipinski definition) is 1. The van der Waals surface area contributed by atoms with Crippen LogP contribution in [0.3, 0.4) is 0 Å². The van der Waals surface area contributed by atoms with E-state index in [0.29, 0.717) is 5.92 Å². The van der Waals surface area contributed by atoms with Gasteiger partial charge >= 0.3 is 0 Å². The zero-order chi connectivity index (χ0) is 14.5. The van der Waals surface area contributed by atoms with E-state index in [4.69, 9.17) is 0 Å². The molecule has 0 aromatic carbocycles. The van der Waals surface area contributed by atoms with Crippen molar-refractivity contribution in [2.45, 2.75) is 66.3 Å². The second kappa shape index (κ2) is 7.14. The largest absolute Gasteiger partial charge is 0.356 e. The normalized spacial score (nSPS) is 23.2. The van der Waals surface area contributed by atoms with Gasteiger partial charge in [-0.2, -0.15) is 0 Å². The number of nitrogens with zero attached hydrogens (tertiary/aromatic N) is 2. The number of imidazole rings is 1. The van der Waals surface area contributed by atoms with Crippen molar-refractivity contribution < 1.29 is 0 Å². The van der Waals surface area contributed by atoms with E-state index >= 15 is 0 Å². The van der Waals surface area contributed by atoms with Crippen molar-refractivity contribution in [1.29, 1.82) is 0 Å². The Morgan fingerprint density at radius 3 is 2.90 bits per heavy atom. The molecule has 1 aromatic heterocycles. The van der Waals surface area contributed by atoms with Crippen LogP contribution in [-0.4, -0.2) is 16.1 Å². The average Bonchev–Trinajstić information content (AvgIpc) is 2.69. The molecule has 1 saturated carbocycles. The van der Waals surface area contributed by atoms with Gasteiger partial charge < -0.3 is 9.88 Å². The van der Waals surface area contributed by atoms with Crippen molar-refractivity contribution in [2.75, 3.05) is 11.9 Å². The highest BCUT2D eigenvalue weighted by atomic mass is 15.2. The molecule has 1 aromatic rings. The molecule has 3 nitrogen and oxygen atoms in total. The van der Waals surface area contributed by atoms with E-state index in [9.17, 15) is 0 Å². The molecule has 2 rings (SSSR count). The molecule has 0 bridgehead atoms. The summed E-state index contributed by atoms with van der Waals surface area (Å²) in [6.07, 6.45) is 9.14. The van der Waals surface area contributed by atoms with Crippen LogP contribution in [-0.2, 0) is 6.54 Å². The van der Waals surface area contributed by atoms with Gasteiger partial charge in [-0.1, -0.05) is 40.0 Å². The summed E-state index contributed by atoms with van der Waals surface area (Å²) in [7, 11) is 0. The first-order valence-corrected chi connectivity index (χ1v) is 8.32. The zero-order valence-electron chi connectivity index (χ0n) is 13.7. The van der Waals surface area contributed by atoms with Crippen molar-refractivity contribution >= 4 is 5.95 Å². The van der Waals surface area contributed by atoms with E-state index in [2.05, 4.69) is 48.8 Å². The van der Waals surface area contributed by atoms with Crippen LogP contribution in [0.1, 0.15) is 58.6 Å². The molecule has 0 spiro atoms. The van der Waals surface area contributed by atoms with Crippen LogP contribution in [0.5, 0.6) is 0 Å². The van der Waals surface area contributed by atoms with Gasteiger partial charge in [0.25, 0.3) is 0 Å². The van der Waals surface area contributed by atoms with E-state index in [1.165, 1.54) is 32.1 Å². The molecule has 0 saturated heterocycles. The summed E-state index contributed by atoms with van der Waals surface area (Å²) in [5.41, 5.74) is 1.11. The number of nitrogens with one attached hydrogen (secondary N) is 1. The minimum atomic E-state index is 0.656. The number of anilines is 1. The molecular formula is C17H31N3. The van der Waals surface area contributed by atoms with Gasteiger partial charge in [0.05, 0.1) is 5.69 Å². The average molecular weight is 277 g/mol. The maximum atomic E-state index is 4.61. The van der Waals surface area contributed by atoms with Crippen molar-refractivity contribution in [1.82, 2.24) is 9.55 Å². The lowest BCUT2D eigenvalue weighted by atomic mass is 9.81. The molecule has 1 fully saturated rings. The van der Waals surface area contributed by atoms with E-state index in [0.717, 1.165) is 36.6 Å². The minimum absolute atomic E-state index is 0.656. The van der Waals surface area contributed by atoms with Gasteiger partial charge in [-0.3, -0.25) is 0 Å². The first-order chi connectivity index (χ1) is 9.54. The summed E-state index contributed by atoms with van der Waals surface area (Å²) in [6, 6.07) is 0. The van der Waals surface area contributed by atoms with E-state index in [1.807, 2.05) is 0 Å². The Morgan fingerprint density at radius 2 is 2.20 bits per heavy atom. The third kappa shape index (κ3) is 4.53. The fourth-order valence-electron chi connectivity index (χ4n) is 3.43. The highest BCUT2D eigenvalue weighted by Crippen LogP contribution is 2.30. The fraction of sp³-hybridized carbons (Fsp3) is 0.824. The smallest absolute Gasteiger partial charge is 0.203 e. The van der Waals surface area contributed by atoms with Crippen LogP contribution >= 0.6 is 0 Å². The minimum Gasteiger partial charge on any atom is -0.356 e. The van der Waals surface area contributed by atoms with Crippen molar-refractivity contribution in [2.24, 2.45) is 17.8 Å². The topological polar surface area (TPSA) is 29.9 Å². The van der Waals surface area contributed by atoms with Gasteiger partial charge in [-0.05, 0) is 37.5 Å². The number of rotatable bonds is 6. The Labute approximate surface area is 124 Å². The van der Waals surface area contributed by atoms with E-state index in [1.54, 1.807) is 0 Å². The summed E-state index contributed by atoms with van der Waals surface area (Å²) in [6.45, 7) is 11.1. The summed E-state index contributed by atoms with van der Waals surface area (Å²) in [5.74, 6) is 3.56. The first-order valence-electron chi connectivity index (χ1n) is 8.32. The molecule has 0 aliphatic heterocycles. The number of hydrogen-bond acceptors (Lipinski definition) is 2. The molecule has 3 heteroatoms. The van der Waals surface area contributed by atoms with Crippen LogP contribution in [0.2, 0.25) is 0 Å². The molecule has 1 N–H and O–H groups in total. The van der Waals surface area contributed by atoms with Crippen molar-refractivity contribution in [3.05, 3.63) is 11.9 Å². The fourth-order valence-corrected chi connectivity index (χ4v) is 3.43. The quantitative estimate of drug-likeness (QED) is 0.831. The van der Waals surface area contributed by atoms with Crippen LogP contribution in [0.15, 0.2) is 6.20 Å². The Bertz CT molecular complexity index is 408. The molecule has 1 heterocycles. The Morgan fingerprint density at radius 1 is 1.40 bits per heavy atom. The highest BCUT2D eigenvalue weighted by molar-refractivity contribution is 5.28. The second-order valence-corrected chi connectivity index (χ2v) is 7.11. The first kappa shape index (κ1) is 15.4. The lowest BCUT2D eigenvalue weighted by Gasteiger charge is -2.26.